The van der Waals surface area contributed by atoms with E-state index in [2.05, 4.69) is 4.98 Å². The monoisotopic (exact) mass is 424 g/mol. The van der Waals surface area contributed by atoms with Crippen LogP contribution in [0.5, 0.6) is 5.75 Å². The average Bonchev–Trinajstić information content (AvgIpc) is 2.77. The fraction of sp³-hybridized carbons (Fsp3) is 0.375. The standard InChI is InChI=1S/C24H28N2O5/c1-4-29-22(24(28)30-5-2)16-18-10-12-19(13-11-18)31-15-14-26-17(3)25-21-9-7-6-8-20(21)23(26)27/h6-13,22H,4-5,14-16H2,1-3H3/t22-/m0/s1. The van der Waals surface area contributed by atoms with Crippen molar-refractivity contribution < 1.29 is 19.0 Å². The Labute approximate surface area is 181 Å². The van der Waals surface area contributed by atoms with Crippen LogP contribution in [0.25, 0.3) is 10.9 Å². The lowest BCUT2D eigenvalue weighted by molar-refractivity contribution is -0.156. The molecule has 0 saturated carbocycles. The van der Waals surface area contributed by atoms with Gasteiger partial charge in [0.1, 0.15) is 18.2 Å². The number of fused-ring (bicyclic) bond motifs is 1. The molecule has 0 saturated heterocycles. The second-order valence-corrected chi connectivity index (χ2v) is 7.03. The van der Waals surface area contributed by atoms with Gasteiger partial charge in [-0.1, -0.05) is 24.3 Å². The van der Waals surface area contributed by atoms with Gasteiger partial charge < -0.3 is 14.2 Å². The number of ether oxygens (including phenoxy) is 3. The number of aryl methyl sites for hydroxylation is 1. The molecule has 1 aromatic heterocycles. The minimum absolute atomic E-state index is 0.0667. The molecule has 0 amide bonds. The summed E-state index contributed by atoms with van der Waals surface area (Å²) in [5.74, 6) is 0.991. The molecule has 1 heterocycles. The number of hydrogen-bond acceptors (Lipinski definition) is 6. The van der Waals surface area contributed by atoms with Crippen LogP contribution in [0.2, 0.25) is 0 Å². The molecule has 0 spiro atoms. The van der Waals surface area contributed by atoms with E-state index in [0.29, 0.717) is 55.3 Å². The Morgan fingerprint density at radius 2 is 1.81 bits per heavy atom. The van der Waals surface area contributed by atoms with Crippen molar-refractivity contribution in [2.24, 2.45) is 0 Å². The van der Waals surface area contributed by atoms with Crippen molar-refractivity contribution in [3.63, 3.8) is 0 Å². The van der Waals surface area contributed by atoms with E-state index in [1.54, 1.807) is 17.6 Å². The van der Waals surface area contributed by atoms with Crippen molar-refractivity contribution in [1.29, 1.82) is 0 Å². The summed E-state index contributed by atoms with van der Waals surface area (Å²) in [5, 5.41) is 0.600. The summed E-state index contributed by atoms with van der Waals surface area (Å²) in [7, 11) is 0. The molecular formula is C24H28N2O5. The molecule has 0 fully saturated rings. The highest BCUT2D eigenvalue weighted by Crippen LogP contribution is 2.15. The van der Waals surface area contributed by atoms with Gasteiger partial charge in [-0.05, 0) is 50.6 Å². The van der Waals surface area contributed by atoms with Gasteiger partial charge in [-0.3, -0.25) is 9.36 Å². The Morgan fingerprint density at radius 1 is 1.06 bits per heavy atom. The van der Waals surface area contributed by atoms with Crippen LogP contribution < -0.4 is 10.3 Å². The van der Waals surface area contributed by atoms with Gasteiger partial charge in [-0.2, -0.15) is 0 Å². The first-order valence-corrected chi connectivity index (χ1v) is 10.5. The molecule has 0 radical (unpaired) electrons. The third-order valence-electron chi connectivity index (χ3n) is 4.90. The van der Waals surface area contributed by atoms with Crippen molar-refractivity contribution >= 4 is 16.9 Å². The van der Waals surface area contributed by atoms with Crippen molar-refractivity contribution in [3.8, 4) is 5.75 Å². The third kappa shape index (κ3) is 5.70. The summed E-state index contributed by atoms with van der Waals surface area (Å²) in [6.07, 6.45) is -0.184. The number of nitrogens with zero attached hydrogens (tertiary/aromatic N) is 2. The minimum Gasteiger partial charge on any atom is -0.492 e. The Kier molecular flexibility index (Phi) is 7.78. The van der Waals surface area contributed by atoms with E-state index < -0.39 is 6.10 Å². The highest BCUT2D eigenvalue weighted by atomic mass is 16.6. The topological polar surface area (TPSA) is 79.7 Å². The Bertz CT molecular complexity index is 1080. The average molecular weight is 424 g/mol. The minimum atomic E-state index is -0.619. The third-order valence-corrected chi connectivity index (χ3v) is 4.90. The smallest absolute Gasteiger partial charge is 0.335 e. The molecule has 0 N–H and O–H groups in total. The number of aromatic nitrogens is 2. The molecule has 0 unspecified atom stereocenters. The van der Waals surface area contributed by atoms with Crippen LogP contribution in [0.1, 0.15) is 25.2 Å². The lowest BCUT2D eigenvalue weighted by Gasteiger charge is -2.16. The van der Waals surface area contributed by atoms with Crippen molar-refractivity contribution in [2.45, 2.75) is 39.8 Å². The molecule has 0 bridgehead atoms. The van der Waals surface area contributed by atoms with Crippen LogP contribution in [0.3, 0.4) is 0 Å². The van der Waals surface area contributed by atoms with Crippen LogP contribution in [0.4, 0.5) is 0 Å². The van der Waals surface area contributed by atoms with Gasteiger partial charge in [0.15, 0.2) is 6.10 Å². The van der Waals surface area contributed by atoms with Gasteiger partial charge in [0.25, 0.3) is 5.56 Å². The van der Waals surface area contributed by atoms with Crippen molar-refractivity contribution in [3.05, 3.63) is 70.3 Å². The Hall–Kier alpha value is -3.19. The number of esters is 1. The normalized spacial score (nSPS) is 12.0. The van der Waals surface area contributed by atoms with Gasteiger partial charge >= 0.3 is 5.97 Å². The highest BCUT2D eigenvalue weighted by Gasteiger charge is 2.20. The zero-order chi connectivity index (χ0) is 22.2. The molecule has 2 aromatic carbocycles. The second kappa shape index (κ2) is 10.7. The quantitative estimate of drug-likeness (QED) is 0.465. The largest absolute Gasteiger partial charge is 0.492 e. The number of carbonyl (C=O) groups excluding carboxylic acids is 1. The van der Waals surface area contributed by atoms with Gasteiger partial charge in [-0.25, -0.2) is 9.78 Å². The SMILES string of the molecule is CCOC(=O)[C@H](Cc1ccc(OCCn2c(C)nc3ccccc3c2=O)cc1)OCC. The molecular weight excluding hydrogens is 396 g/mol. The number of benzene rings is 2. The van der Waals surface area contributed by atoms with E-state index in [9.17, 15) is 9.59 Å². The van der Waals surface area contributed by atoms with Crippen LogP contribution in [0, 0.1) is 6.92 Å². The molecule has 0 aliphatic carbocycles. The van der Waals surface area contributed by atoms with Gasteiger partial charge in [0, 0.05) is 13.0 Å². The van der Waals surface area contributed by atoms with E-state index in [-0.39, 0.29) is 11.5 Å². The lowest BCUT2D eigenvalue weighted by Crippen LogP contribution is -2.29. The van der Waals surface area contributed by atoms with E-state index in [4.69, 9.17) is 14.2 Å². The molecule has 7 heteroatoms. The van der Waals surface area contributed by atoms with Crippen LogP contribution in [0.15, 0.2) is 53.3 Å². The molecule has 164 valence electrons. The van der Waals surface area contributed by atoms with Gasteiger partial charge in [-0.15, -0.1) is 0 Å². The maximum atomic E-state index is 12.7. The predicted molar refractivity (Wildman–Crippen MR) is 118 cm³/mol. The first kappa shape index (κ1) is 22.5. The maximum Gasteiger partial charge on any atom is 0.335 e. The maximum absolute atomic E-state index is 12.7. The van der Waals surface area contributed by atoms with Crippen molar-refractivity contribution in [2.75, 3.05) is 19.8 Å². The van der Waals surface area contributed by atoms with E-state index in [0.717, 1.165) is 5.56 Å². The summed E-state index contributed by atoms with van der Waals surface area (Å²) < 4.78 is 18.0. The number of carbonyl (C=O) groups is 1. The molecule has 1 atom stereocenters. The summed E-state index contributed by atoms with van der Waals surface area (Å²) in [4.78, 5) is 29.2. The Morgan fingerprint density at radius 3 is 2.52 bits per heavy atom. The highest BCUT2D eigenvalue weighted by molar-refractivity contribution is 5.77. The summed E-state index contributed by atoms with van der Waals surface area (Å²) in [5.41, 5.74) is 1.58. The zero-order valence-corrected chi connectivity index (χ0v) is 18.2. The fourth-order valence-corrected chi connectivity index (χ4v) is 3.38. The predicted octanol–water partition coefficient (Wildman–Crippen LogP) is 3.29. The van der Waals surface area contributed by atoms with Crippen LogP contribution >= 0.6 is 0 Å². The molecule has 3 aromatic rings. The number of hydrogen-bond donors (Lipinski definition) is 0. The van der Waals surface area contributed by atoms with Crippen LogP contribution in [-0.4, -0.2) is 41.4 Å². The van der Waals surface area contributed by atoms with Gasteiger partial charge in [0.2, 0.25) is 0 Å². The first-order chi connectivity index (χ1) is 15.0. The van der Waals surface area contributed by atoms with Gasteiger partial charge in [0.05, 0.1) is 24.1 Å². The molecule has 7 nitrogen and oxygen atoms in total. The van der Waals surface area contributed by atoms with E-state index >= 15 is 0 Å². The Balaban J connectivity index is 1.60. The molecule has 0 aliphatic heterocycles. The summed E-state index contributed by atoms with van der Waals surface area (Å²) in [6, 6.07) is 14.8. The molecule has 3 rings (SSSR count). The first-order valence-electron chi connectivity index (χ1n) is 10.5. The summed E-state index contributed by atoms with van der Waals surface area (Å²) >= 11 is 0. The van der Waals surface area contributed by atoms with Crippen LogP contribution in [-0.2, 0) is 27.2 Å². The second-order valence-electron chi connectivity index (χ2n) is 7.03. The molecule has 0 aliphatic rings. The lowest BCUT2D eigenvalue weighted by atomic mass is 10.1. The number of rotatable bonds is 10. The zero-order valence-electron chi connectivity index (χ0n) is 18.2. The fourth-order valence-electron chi connectivity index (χ4n) is 3.38. The van der Waals surface area contributed by atoms with E-state index in [1.807, 2.05) is 56.3 Å². The summed E-state index contributed by atoms with van der Waals surface area (Å²) in [6.45, 7) is 6.94. The number of para-hydroxylation sites is 1. The van der Waals surface area contributed by atoms with Crippen molar-refractivity contribution in [1.82, 2.24) is 9.55 Å². The van der Waals surface area contributed by atoms with E-state index in [1.165, 1.54) is 0 Å². The molecule has 31 heavy (non-hydrogen) atoms.